The standard InChI is InChI=1S/C19H14F3NO3/c20-19(21,22)26-14-4-1-3-12(9-14)15-5-2-6-16-18(15)25-11-17(23-16)13-7-8-24-10-13/h1-10,17,23H,11H2. The molecule has 0 spiro atoms. The zero-order chi connectivity index (χ0) is 18.1. The van der Waals surface area contributed by atoms with E-state index in [1.165, 1.54) is 18.2 Å². The molecule has 3 aromatic rings. The van der Waals surface area contributed by atoms with Gasteiger partial charge in [0.1, 0.15) is 18.1 Å². The Morgan fingerprint density at radius 3 is 2.69 bits per heavy atom. The predicted molar refractivity (Wildman–Crippen MR) is 89.1 cm³/mol. The maximum Gasteiger partial charge on any atom is 0.573 e. The average molecular weight is 361 g/mol. The average Bonchev–Trinajstić information content (AvgIpc) is 3.14. The molecule has 0 aliphatic carbocycles. The lowest BCUT2D eigenvalue weighted by Crippen LogP contribution is -2.23. The molecular formula is C19H14F3NO3. The largest absolute Gasteiger partial charge is 0.573 e. The van der Waals surface area contributed by atoms with Gasteiger partial charge in [-0.05, 0) is 29.8 Å². The van der Waals surface area contributed by atoms with Gasteiger partial charge in [-0.25, -0.2) is 0 Å². The second kappa shape index (κ2) is 6.33. The Labute approximate surface area is 147 Å². The summed E-state index contributed by atoms with van der Waals surface area (Å²) < 4.78 is 52.4. The van der Waals surface area contributed by atoms with Gasteiger partial charge in [0.2, 0.25) is 0 Å². The summed E-state index contributed by atoms with van der Waals surface area (Å²) in [6.45, 7) is 0.377. The summed E-state index contributed by atoms with van der Waals surface area (Å²) in [5, 5.41) is 3.37. The number of anilines is 1. The summed E-state index contributed by atoms with van der Waals surface area (Å²) in [5.74, 6) is 0.323. The van der Waals surface area contributed by atoms with E-state index in [9.17, 15) is 13.2 Å². The zero-order valence-electron chi connectivity index (χ0n) is 13.4. The van der Waals surface area contributed by atoms with Crippen molar-refractivity contribution < 1.29 is 27.1 Å². The first-order chi connectivity index (χ1) is 12.5. The van der Waals surface area contributed by atoms with Crippen LogP contribution in [0.2, 0.25) is 0 Å². The highest BCUT2D eigenvalue weighted by atomic mass is 19.4. The molecule has 1 aromatic heterocycles. The van der Waals surface area contributed by atoms with Gasteiger partial charge in [-0.2, -0.15) is 0 Å². The van der Waals surface area contributed by atoms with Crippen LogP contribution in [0.3, 0.4) is 0 Å². The van der Waals surface area contributed by atoms with Gasteiger partial charge in [0.25, 0.3) is 0 Å². The number of furan rings is 1. The van der Waals surface area contributed by atoms with Gasteiger partial charge in [-0.15, -0.1) is 13.2 Å². The number of halogens is 3. The second-order valence-corrected chi connectivity index (χ2v) is 5.82. The lowest BCUT2D eigenvalue weighted by molar-refractivity contribution is -0.274. The Morgan fingerprint density at radius 2 is 1.92 bits per heavy atom. The van der Waals surface area contributed by atoms with E-state index < -0.39 is 6.36 Å². The van der Waals surface area contributed by atoms with Crippen LogP contribution in [-0.4, -0.2) is 13.0 Å². The molecule has 0 fully saturated rings. The van der Waals surface area contributed by atoms with Crippen molar-refractivity contribution in [3.8, 4) is 22.6 Å². The van der Waals surface area contributed by atoms with Crippen molar-refractivity contribution in [1.29, 1.82) is 0 Å². The molecule has 26 heavy (non-hydrogen) atoms. The van der Waals surface area contributed by atoms with Crippen molar-refractivity contribution in [3.05, 3.63) is 66.6 Å². The predicted octanol–water partition coefficient (Wildman–Crippen LogP) is 5.39. The van der Waals surface area contributed by atoms with Crippen molar-refractivity contribution >= 4 is 5.69 Å². The third kappa shape index (κ3) is 3.33. The van der Waals surface area contributed by atoms with Crippen LogP contribution in [0, 0.1) is 0 Å². The number of hydrogen-bond acceptors (Lipinski definition) is 4. The highest BCUT2D eigenvalue weighted by Gasteiger charge is 2.31. The first kappa shape index (κ1) is 16.4. The number of nitrogens with one attached hydrogen (secondary N) is 1. The Morgan fingerprint density at radius 1 is 1.08 bits per heavy atom. The van der Waals surface area contributed by atoms with Gasteiger partial charge in [-0.3, -0.25) is 0 Å². The first-order valence-corrected chi connectivity index (χ1v) is 7.90. The van der Waals surface area contributed by atoms with Crippen LogP contribution < -0.4 is 14.8 Å². The first-order valence-electron chi connectivity index (χ1n) is 7.90. The molecule has 0 saturated heterocycles. The molecule has 1 atom stereocenters. The number of hydrogen-bond donors (Lipinski definition) is 1. The topological polar surface area (TPSA) is 43.6 Å². The molecule has 0 bridgehead atoms. The van der Waals surface area contributed by atoms with Gasteiger partial charge in [0, 0.05) is 11.1 Å². The maximum absolute atomic E-state index is 12.5. The van der Waals surface area contributed by atoms with Crippen LogP contribution in [-0.2, 0) is 0 Å². The minimum Gasteiger partial charge on any atom is -0.488 e. The van der Waals surface area contributed by atoms with Crippen molar-refractivity contribution in [2.75, 3.05) is 11.9 Å². The van der Waals surface area contributed by atoms with E-state index in [2.05, 4.69) is 10.1 Å². The molecule has 4 nitrogen and oxygen atoms in total. The Kier molecular flexibility index (Phi) is 3.99. The number of rotatable bonds is 3. The highest BCUT2D eigenvalue weighted by molar-refractivity contribution is 5.79. The highest BCUT2D eigenvalue weighted by Crippen LogP contribution is 2.42. The molecule has 4 rings (SSSR count). The number of benzene rings is 2. The Hall–Kier alpha value is -3.09. The van der Waals surface area contributed by atoms with Crippen LogP contribution in [0.15, 0.2) is 65.5 Å². The van der Waals surface area contributed by atoms with Gasteiger partial charge in [0.05, 0.1) is 24.3 Å². The summed E-state index contributed by atoms with van der Waals surface area (Å²) in [6, 6.07) is 13.1. The number of ether oxygens (including phenoxy) is 2. The summed E-state index contributed by atoms with van der Waals surface area (Å²) in [7, 11) is 0. The fourth-order valence-electron chi connectivity index (χ4n) is 2.94. The molecule has 134 valence electrons. The zero-order valence-corrected chi connectivity index (χ0v) is 13.4. The van der Waals surface area contributed by atoms with Gasteiger partial charge in [0.15, 0.2) is 0 Å². The van der Waals surface area contributed by atoms with E-state index in [1.807, 2.05) is 18.2 Å². The number of alkyl halides is 3. The fraction of sp³-hybridized carbons (Fsp3) is 0.158. The quantitative estimate of drug-likeness (QED) is 0.679. The molecule has 7 heteroatoms. The van der Waals surface area contributed by atoms with E-state index in [4.69, 9.17) is 9.15 Å². The van der Waals surface area contributed by atoms with Crippen molar-refractivity contribution in [3.63, 3.8) is 0 Å². The molecule has 1 aliphatic heterocycles. The summed E-state index contributed by atoms with van der Waals surface area (Å²) >= 11 is 0. The molecule has 0 amide bonds. The molecule has 0 saturated carbocycles. The van der Waals surface area contributed by atoms with E-state index in [1.54, 1.807) is 24.7 Å². The molecule has 2 heterocycles. The van der Waals surface area contributed by atoms with Crippen molar-refractivity contribution in [2.45, 2.75) is 12.4 Å². The lowest BCUT2D eigenvalue weighted by Gasteiger charge is -2.28. The summed E-state index contributed by atoms with van der Waals surface area (Å²) in [6.07, 6.45) is -1.49. The van der Waals surface area contributed by atoms with Gasteiger partial charge in [-0.1, -0.05) is 24.3 Å². The third-order valence-electron chi connectivity index (χ3n) is 4.06. The smallest absolute Gasteiger partial charge is 0.488 e. The molecule has 2 aromatic carbocycles. The van der Waals surface area contributed by atoms with Crippen LogP contribution in [0.1, 0.15) is 11.6 Å². The fourth-order valence-corrected chi connectivity index (χ4v) is 2.94. The van der Waals surface area contributed by atoms with Crippen LogP contribution >= 0.6 is 0 Å². The van der Waals surface area contributed by atoms with E-state index in [-0.39, 0.29) is 11.8 Å². The molecule has 1 unspecified atom stereocenters. The normalized spacial score (nSPS) is 16.3. The van der Waals surface area contributed by atoms with Crippen LogP contribution in [0.25, 0.3) is 11.1 Å². The Bertz CT molecular complexity index is 907. The molecular weight excluding hydrogens is 347 g/mol. The molecule has 1 N–H and O–H groups in total. The van der Waals surface area contributed by atoms with E-state index in [0.717, 1.165) is 11.3 Å². The monoisotopic (exact) mass is 361 g/mol. The second-order valence-electron chi connectivity index (χ2n) is 5.82. The minimum absolute atomic E-state index is 0.0589. The summed E-state index contributed by atoms with van der Waals surface area (Å²) in [5.41, 5.74) is 2.99. The van der Waals surface area contributed by atoms with Gasteiger partial charge < -0.3 is 19.2 Å². The van der Waals surface area contributed by atoms with Crippen LogP contribution in [0.5, 0.6) is 11.5 Å². The number of para-hydroxylation sites is 1. The van der Waals surface area contributed by atoms with Crippen molar-refractivity contribution in [1.82, 2.24) is 0 Å². The summed E-state index contributed by atoms with van der Waals surface area (Å²) in [4.78, 5) is 0. The Balaban J connectivity index is 1.65. The molecule has 1 aliphatic rings. The minimum atomic E-state index is -4.73. The SMILES string of the molecule is FC(F)(F)Oc1cccc(-c2cccc3c2OCC(c2ccoc2)N3)c1. The lowest BCUT2D eigenvalue weighted by atomic mass is 10.0. The van der Waals surface area contributed by atoms with Crippen molar-refractivity contribution in [2.24, 2.45) is 0 Å². The maximum atomic E-state index is 12.5. The third-order valence-corrected chi connectivity index (χ3v) is 4.06. The van der Waals surface area contributed by atoms with E-state index >= 15 is 0 Å². The number of fused-ring (bicyclic) bond motifs is 1. The molecule has 0 radical (unpaired) electrons. The van der Waals surface area contributed by atoms with Gasteiger partial charge >= 0.3 is 6.36 Å². The van der Waals surface area contributed by atoms with Crippen LogP contribution in [0.4, 0.5) is 18.9 Å². The van der Waals surface area contributed by atoms with E-state index in [0.29, 0.717) is 23.5 Å².